The second-order valence-electron chi connectivity index (χ2n) is 13.1. The van der Waals surface area contributed by atoms with Crippen LogP contribution in [0.25, 0.3) is 44.3 Å². The molecule has 8 rings (SSSR count). The molecule has 0 bridgehead atoms. The Morgan fingerprint density at radius 2 is 0.846 bits per heavy atom. The number of aromatic nitrogens is 7. The van der Waals surface area contributed by atoms with Crippen LogP contribution in [0.1, 0.15) is 57.4 Å². The highest BCUT2D eigenvalue weighted by molar-refractivity contribution is 14.1. The number of hydrogen-bond donors (Lipinski definition) is 0. The molecular formula is C38H40BI2N7O2S2. The molecule has 268 valence electrons. The molecule has 1 aliphatic rings. The zero-order valence-corrected chi connectivity index (χ0v) is 35.5. The first-order valence-corrected chi connectivity index (χ1v) is 19.8. The topological polar surface area (TPSA) is 109 Å². The highest BCUT2D eigenvalue weighted by Gasteiger charge is 2.51. The maximum atomic E-state index is 5.90. The fourth-order valence-corrected chi connectivity index (χ4v) is 8.66. The molecule has 9 nitrogen and oxygen atoms in total. The summed E-state index contributed by atoms with van der Waals surface area (Å²) in [6.07, 6.45) is 10.7. The summed E-state index contributed by atoms with van der Waals surface area (Å²) in [5.41, 5.74) is 14.1. The Hall–Kier alpha value is -3.03. The fourth-order valence-electron chi connectivity index (χ4n) is 5.65. The SMILES string of the molecule is C.CC1(C)OB(c2ccncc2)OC1(C)C.Cc1c(C)c(-c2ccncc2)c2nsnc2c1-c1ccncc1.Cc1c(C)c(I)c2nsnc2c1I. The van der Waals surface area contributed by atoms with E-state index in [1.54, 1.807) is 12.4 Å². The number of benzene rings is 2. The summed E-state index contributed by atoms with van der Waals surface area (Å²) in [6, 6.07) is 11.9. The van der Waals surface area contributed by atoms with Crippen LogP contribution in [-0.2, 0) is 9.31 Å². The van der Waals surface area contributed by atoms with Crippen LogP contribution < -0.4 is 5.46 Å². The van der Waals surface area contributed by atoms with Crippen molar-refractivity contribution in [2.75, 3.05) is 0 Å². The summed E-state index contributed by atoms with van der Waals surface area (Å²) in [5.74, 6) is 0. The van der Waals surface area contributed by atoms with E-state index in [1.807, 2.05) is 88.9 Å². The molecule has 6 heterocycles. The van der Waals surface area contributed by atoms with Gasteiger partial charge in [-0.1, -0.05) is 7.43 Å². The zero-order chi connectivity index (χ0) is 36.5. The minimum atomic E-state index is -0.280. The minimum absolute atomic E-state index is 0. The smallest absolute Gasteiger partial charge is 0.399 e. The van der Waals surface area contributed by atoms with Crippen LogP contribution in [0, 0.1) is 34.8 Å². The van der Waals surface area contributed by atoms with Gasteiger partial charge in [-0.15, -0.1) is 0 Å². The second kappa shape index (κ2) is 16.6. The molecule has 0 spiro atoms. The molecule has 0 unspecified atom stereocenters. The molecule has 52 heavy (non-hydrogen) atoms. The van der Waals surface area contributed by atoms with Gasteiger partial charge in [-0.3, -0.25) is 15.0 Å². The van der Waals surface area contributed by atoms with Gasteiger partial charge in [0.1, 0.15) is 22.1 Å². The Balaban J connectivity index is 0.000000158. The lowest BCUT2D eigenvalue weighted by Gasteiger charge is -2.32. The van der Waals surface area contributed by atoms with Crippen LogP contribution in [0.5, 0.6) is 0 Å². The lowest BCUT2D eigenvalue weighted by Crippen LogP contribution is -2.41. The summed E-state index contributed by atoms with van der Waals surface area (Å²) in [4.78, 5) is 12.2. The molecule has 0 aliphatic carbocycles. The van der Waals surface area contributed by atoms with Crippen LogP contribution in [-0.4, -0.2) is 50.8 Å². The Kier molecular flexibility index (Phi) is 12.8. The Labute approximate surface area is 341 Å². The predicted molar refractivity (Wildman–Crippen MR) is 232 cm³/mol. The van der Waals surface area contributed by atoms with Gasteiger partial charge in [0.15, 0.2) is 0 Å². The van der Waals surface area contributed by atoms with Crippen molar-refractivity contribution in [3.8, 4) is 22.3 Å². The number of pyridine rings is 3. The van der Waals surface area contributed by atoms with E-state index in [0.717, 1.165) is 49.8 Å². The normalized spacial score (nSPS) is 14.3. The van der Waals surface area contributed by atoms with E-state index >= 15 is 0 Å². The Bertz CT molecular complexity index is 2170. The minimum Gasteiger partial charge on any atom is -0.399 e. The average Bonchev–Trinajstić information content (AvgIpc) is 3.87. The van der Waals surface area contributed by atoms with E-state index in [1.165, 1.54) is 52.9 Å². The quantitative estimate of drug-likeness (QED) is 0.126. The summed E-state index contributed by atoms with van der Waals surface area (Å²) in [7, 11) is -0.280. The van der Waals surface area contributed by atoms with Crippen LogP contribution >= 0.6 is 68.6 Å². The predicted octanol–water partition coefficient (Wildman–Crippen LogP) is 9.97. The van der Waals surface area contributed by atoms with E-state index in [0.29, 0.717) is 0 Å². The van der Waals surface area contributed by atoms with Crippen LogP contribution in [0.2, 0.25) is 0 Å². The van der Waals surface area contributed by atoms with Gasteiger partial charge in [0.25, 0.3) is 0 Å². The van der Waals surface area contributed by atoms with Gasteiger partial charge in [-0.25, -0.2) is 0 Å². The highest BCUT2D eigenvalue weighted by atomic mass is 127. The summed E-state index contributed by atoms with van der Waals surface area (Å²) in [6.45, 7) is 16.8. The van der Waals surface area contributed by atoms with Gasteiger partial charge in [0.2, 0.25) is 0 Å². The second-order valence-corrected chi connectivity index (χ2v) is 16.4. The van der Waals surface area contributed by atoms with Crippen molar-refractivity contribution >= 4 is 103 Å². The first-order chi connectivity index (χ1) is 24.3. The lowest BCUT2D eigenvalue weighted by atomic mass is 9.80. The summed E-state index contributed by atoms with van der Waals surface area (Å²) >= 11 is 7.23. The molecular weight excluding hydrogens is 915 g/mol. The Morgan fingerprint density at radius 1 is 0.519 bits per heavy atom. The third-order valence-corrected chi connectivity index (χ3v) is 13.3. The molecule has 14 heteroatoms. The van der Waals surface area contributed by atoms with Crippen LogP contribution in [0.3, 0.4) is 0 Å². The fraction of sp³-hybridized carbons (Fsp3) is 0.289. The van der Waals surface area contributed by atoms with Gasteiger partial charge >= 0.3 is 7.12 Å². The number of hydrogen-bond acceptors (Lipinski definition) is 11. The maximum Gasteiger partial charge on any atom is 0.494 e. The first kappa shape index (κ1) is 40.2. The monoisotopic (exact) mass is 955 g/mol. The van der Waals surface area contributed by atoms with Gasteiger partial charge in [0, 0.05) is 55.4 Å². The van der Waals surface area contributed by atoms with Crippen molar-refractivity contribution in [3.63, 3.8) is 0 Å². The molecule has 0 atom stereocenters. The number of rotatable bonds is 3. The molecule has 0 radical (unpaired) electrons. The van der Waals surface area contributed by atoms with E-state index in [-0.39, 0.29) is 25.7 Å². The standard InChI is InChI=1S/C18H14N4S.C11H16BNO2.C8H6I2N2S.CH4/c1-11-12(2)16(14-5-9-20-10-6-14)18-17(21-23-22-18)15(11)13-3-7-19-8-4-13;1-10(2)11(3,4)15-12(14-10)9-5-7-13-8-6-9;1-3-4(2)6(10)8-7(5(3)9)11-13-12-8;/h3-10H,1-2H3;5-8H,1-4H3;1-2H3;1H4. The molecule has 5 aromatic heterocycles. The zero-order valence-electron chi connectivity index (χ0n) is 29.5. The van der Waals surface area contributed by atoms with Crippen LogP contribution in [0.4, 0.5) is 0 Å². The van der Waals surface area contributed by atoms with E-state index in [2.05, 4.69) is 105 Å². The van der Waals surface area contributed by atoms with Crippen molar-refractivity contribution < 1.29 is 9.31 Å². The highest BCUT2D eigenvalue weighted by Crippen LogP contribution is 2.40. The van der Waals surface area contributed by atoms with Crippen molar-refractivity contribution in [3.05, 3.63) is 103 Å². The van der Waals surface area contributed by atoms with Gasteiger partial charge < -0.3 is 9.31 Å². The van der Waals surface area contributed by atoms with Crippen molar-refractivity contribution in [2.45, 2.75) is 74.0 Å². The van der Waals surface area contributed by atoms with Gasteiger partial charge in [-0.2, -0.15) is 17.5 Å². The molecule has 1 fully saturated rings. The third kappa shape index (κ3) is 7.92. The number of halogens is 2. The molecule has 2 aromatic carbocycles. The van der Waals surface area contributed by atoms with E-state index in [4.69, 9.17) is 9.31 Å². The third-order valence-electron chi connectivity index (χ3n) is 9.57. The maximum absolute atomic E-state index is 5.90. The number of nitrogens with zero attached hydrogens (tertiary/aromatic N) is 7. The molecule has 7 aromatic rings. The molecule has 1 saturated heterocycles. The Morgan fingerprint density at radius 3 is 1.21 bits per heavy atom. The van der Waals surface area contributed by atoms with Gasteiger partial charge in [-0.05, 0) is 176 Å². The van der Waals surface area contributed by atoms with Gasteiger partial charge in [0.05, 0.1) is 34.7 Å². The molecule has 0 N–H and O–H groups in total. The van der Waals surface area contributed by atoms with Crippen molar-refractivity contribution in [2.24, 2.45) is 0 Å². The average molecular weight is 956 g/mol. The van der Waals surface area contributed by atoms with Crippen LogP contribution in [0.15, 0.2) is 73.6 Å². The van der Waals surface area contributed by atoms with Crippen molar-refractivity contribution in [1.29, 1.82) is 0 Å². The van der Waals surface area contributed by atoms with Crippen molar-refractivity contribution in [1.82, 2.24) is 32.4 Å². The molecule has 1 aliphatic heterocycles. The lowest BCUT2D eigenvalue weighted by molar-refractivity contribution is 0.00578. The molecule has 0 amide bonds. The summed E-state index contributed by atoms with van der Waals surface area (Å²) in [5, 5.41) is 0. The summed E-state index contributed by atoms with van der Waals surface area (Å²) < 4.78 is 32.0. The number of fused-ring (bicyclic) bond motifs is 2. The van der Waals surface area contributed by atoms with E-state index in [9.17, 15) is 0 Å². The largest absolute Gasteiger partial charge is 0.494 e. The molecule has 0 saturated carbocycles. The first-order valence-electron chi connectivity index (χ1n) is 16.2. The van der Waals surface area contributed by atoms with E-state index < -0.39 is 0 Å².